The normalized spacial score (nSPS) is 21.8. The van der Waals surface area contributed by atoms with Crippen molar-refractivity contribution in [2.75, 3.05) is 18.2 Å². The predicted octanol–water partition coefficient (Wildman–Crippen LogP) is 3.46. The molecule has 2 rings (SSSR count). The summed E-state index contributed by atoms with van der Waals surface area (Å²) in [6.07, 6.45) is 4.79. The van der Waals surface area contributed by atoms with Crippen LogP contribution in [0.25, 0.3) is 0 Å². The number of nitrogens with one attached hydrogen (secondary N) is 1. The molecule has 7 nitrogen and oxygen atoms in total. The van der Waals surface area contributed by atoms with Crippen molar-refractivity contribution in [2.24, 2.45) is 5.92 Å². The Hall–Kier alpha value is -1.19. The van der Waals surface area contributed by atoms with E-state index in [2.05, 4.69) is 19.2 Å². The van der Waals surface area contributed by atoms with E-state index in [1.165, 1.54) is 0 Å². The Morgan fingerprint density at radius 3 is 2.67 bits per heavy atom. The lowest BCUT2D eigenvalue weighted by atomic mass is 9.89. The van der Waals surface area contributed by atoms with Gasteiger partial charge in [0.2, 0.25) is 0 Å². The molecule has 1 aliphatic heterocycles. The third kappa shape index (κ3) is 4.46. The Bertz CT molecular complexity index is 682. The lowest BCUT2D eigenvalue weighted by molar-refractivity contribution is -0.383. The number of hydrogen-bond donors (Lipinski definition) is 1. The predicted molar refractivity (Wildman–Crippen MR) is 94.5 cm³/mol. The van der Waals surface area contributed by atoms with Crippen LogP contribution >= 0.6 is 11.3 Å². The second kappa shape index (κ2) is 7.79. The van der Waals surface area contributed by atoms with Gasteiger partial charge in [-0.2, -0.15) is 0 Å². The lowest BCUT2D eigenvalue weighted by Gasteiger charge is -2.34. The number of anilines is 1. The Morgan fingerprint density at radius 1 is 1.46 bits per heavy atom. The molecule has 1 saturated heterocycles. The Kier molecular flexibility index (Phi) is 6.22. The fourth-order valence-electron chi connectivity index (χ4n) is 3.07. The standard InChI is InChI=1S/C15H24N2O5S2/c1-4-10(5-2)13-8-11(6-7-22-13)16-15-12(17(18)19)9-14(23-15)24(3,20)21/h9-11,13,16H,4-8H2,1-3H3. The van der Waals surface area contributed by atoms with Gasteiger partial charge in [-0.15, -0.1) is 0 Å². The third-order valence-corrected chi connectivity index (χ3v) is 7.33. The summed E-state index contributed by atoms with van der Waals surface area (Å²) in [6.45, 7) is 4.88. The van der Waals surface area contributed by atoms with Crippen LogP contribution in [0.5, 0.6) is 0 Å². The second-order valence-corrected chi connectivity index (χ2v) is 9.46. The van der Waals surface area contributed by atoms with Gasteiger partial charge in [0, 0.05) is 25.0 Å². The van der Waals surface area contributed by atoms with Gasteiger partial charge in [-0.1, -0.05) is 38.0 Å². The van der Waals surface area contributed by atoms with Gasteiger partial charge in [0.25, 0.3) is 0 Å². The molecule has 136 valence electrons. The molecule has 2 unspecified atom stereocenters. The third-order valence-electron chi connectivity index (χ3n) is 4.48. The summed E-state index contributed by atoms with van der Waals surface area (Å²) in [5.74, 6) is 0.472. The summed E-state index contributed by atoms with van der Waals surface area (Å²) in [4.78, 5) is 10.7. The number of ether oxygens (including phenoxy) is 1. The van der Waals surface area contributed by atoms with Crippen molar-refractivity contribution in [1.29, 1.82) is 0 Å². The molecule has 0 amide bonds. The highest BCUT2D eigenvalue weighted by Gasteiger charge is 2.30. The summed E-state index contributed by atoms with van der Waals surface area (Å²) in [5, 5.41) is 14.7. The zero-order chi connectivity index (χ0) is 17.9. The van der Waals surface area contributed by atoms with Gasteiger partial charge in [0.05, 0.1) is 11.0 Å². The van der Waals surface area contributed by atoms with Gasteiger partial charge in [-0.25, -0.2) is 8.42 Å². The second-order valence-electron chi connectivity index (χ2n) is 6.16. The fraction of sp³-hybridized carbons (Fsp3) is 0.733. The highest BCUT2D eigenvalue weighted by molar-refractivity contribution is 7.92. The van der Waals surface area contributed by atoms with Crippen molar-refractivity contribution in [3.05, 3.63) is 16.2 Å². The molecule has 0 spiro atoms. The molecule has 24 heavy (non-hydrogen) atoms. The van der Waals surface area contributed by atoms with Crippen LogP contribution in [0.3, 0.4) is 0 Å². The van der Waals surface area contributed by atoms with E-state index in [0.717, 1.165) is 49.3 Å². The summed E-state index contributed by atoms with van der Waals surface area (Å²) < 4.78 is 29.2. The van der Waals surface area contributed by atoms with Crippen LogP contribution < -0.4 is 5.32 Å². The molecule has 0 bridgehead atoms. The maximum Gasteiger partial charge on any atom is 0.304 e. The molecule has 9 heteroatoms. The zero-order valence-electron chi connectivity index (χ0n) is 14.1. The highest BCUT2D eigenvalue weighted by atomic mass is 32.2. The minimum Gasteiger partial charge on any atom is -0.378 e. The Labute approximate surface area is 146 Å². The first kappa shape index (κ1) is 19.1. The van der Waals surface area contributed by atoms with E-state index in [0.29, 0.717) is 17.5 Å². The van der Waals surface area contributed by atoms with Crippen molar-refractivity contribution in [2.45, 2.75) is 55.9 Å². The average molecular weight is 377 g/mol. The maximum absolute atomic E-state index is 11.7. The minimum atomic E-state index is -3.46. The van der Waals surface area contributed by atoms with Gasteiger partial charge in [-0.05, 0) is 18.8 Å². The number of thiophene rings is 1. The fourth-order valence-corrected chi connectivity index (χ4v) is 5.09. The first-order chi connectivity index (χ1) is 11.3. The molecule has 1 N–H and O–H groups in total. The summed E-state index contributed by atoms with van der Waals surface area (Å²) >= 11 is 0.928. The molecular weight excluding hydrogens is 352 g/mol. The van der Waals surface area contributed by atoms with Crippen LogP contribution in [0.1, 0.15) is 39.5 Å². The van der Waals surface area contributed by atoms with Crippen molar-refractivity contribution in [1.82, 2.24) is 0 Å². The highest BCUT2D eigenvalue weighted by Crippen LogP contribution is 2.38. The summed E-state index contributed by atoms with van der Waals surface area (Å²) in [5.41, 5.74) is -0.175. The molecule has 0 aliphatic carbocycles. The molecule has 0 radical (unpaired) electrons. The number of nitrogens with zero attached hydrogens (tertiary/aromatic N) is 1. The van der Waals surface area contributed by atoms with E-state index >= 15 is 0 Å². The topological polar surface area (TPSA) is 98.5 Å². The molecular formula is C15H24N2O5S2. The van der Waals surface area contributed by atoms with Crippen molar-refractivity contribution >= 4 is 31.9 Å². The Balaban J connectivity index is 2.18. The van der Waals surface area contributed by atoms with E-state index in [4.69, 9.17) is 4.74 Å². The van der Waals surface area contributed by atoms with Crippen LogP contribution in [0.2, 0.25) is 0 Å². The van der Waals surface area contributed by atoms with E-state index in [1.54, 1.807) is 0 Å². The van der Waals surface area contributed by atoms with Gasteiger partial charge < -0.3 is 10.1 Å². The monoisotopic (exact) mass is 376 g/mol. The largest absolute Gasteiger partial charge is 0.378 e. The summed E-state index contributed by atoms with van der Waals surface area (Å²) in [6, 6.07) is 1.19. The van der Waals surface area contributed by atoms with E-state index in [9.17, 15) is 18.5 Å². The van der Waals surface area contributed by atoms with Gasteiger partial charge in [0.15, 0.2) is 14.8 Å². The van der Waals surface area contributed by atoms with Gasteiger partial charge in [0.1, 0.15) is 4.21 Å². The van der Waals surface area contributed by atoms with E-state index < -0.39 is 14.8 Å². The number of rotatable bonds is 7. The molecule has 1 aliphatic rings. The van der Waals surface area contributed by atoms with E-state index in [1.807, 2.05) is 0 Å². The zero-order valence-corrected chi connectivity index (χ0v) is 15.8. The first-order valence-corrected chi connectivity index (χ1v) is 10.8. The first-order valence-electron chi connectivity index (χ1n) is 8.12. The van der Waals surface area contributed by atoms with Crippen LogP contribution in [0, 0.1) is 16.0 Å². The van der Waals surface area contributed by atoms with Crippen LogP contribution in [0.15, 0.2) is 10.3 Å². The minimum absolute atomic E-state index is 0.0142. The number of sulfone groups is 1. The van der Waals surface area contributed by atoms with Crippen LogP contribution in [0.4, 0.5) is 10.7 Å². The molecule has 0 aromatic carbocycles. The maximum atomic E-state index is 11.7. The van der Waals surface area contributed by atoms with Gasteiger partial charge >= 0.3 is 5.69 Å². The lowest BCUT2D eigenvalue weighted by Crippen LogP contribution is -2.37. The SMILES string of the molecule is CCC(CC)C1CC(Nc2sc(S(C)(=O)=O)cc2[N+](=O)[O-])CCO1. The van der Waals surface area contributed by atoms with Crippen LogP contribution in [-0.2, 0) is 14.6 Å². The number of hydrogen-bond acceptors (Lipinski definition) is 7. The van der Waals surface area contributed by atoms with Gasteiger partial charge in [-0.3, -0.25) is 10.1 Å². The number of nitro groups is 1. The smallest absolute Gasteiger partial charge is 0.304 e. The van der Waals surface area contributed by atoms with Crippen molar-refractivity contribution in [3.63, 3.8) is 0 Å². The molecule has 2 heterocycles. The van der Waals surface area contributed by atoms with Crippen molar-refractivity contribution in [3.8, 4) is 0 Å². The molecule has 0 saturated carbocycles. The molecule has 1 fully saturated rings. The Morgan fingerprint density at radius 2 is 2.12 bits per heavy atom. The quantitative estimate of drug-likeness (QED) is 0.578. The molecule has 2 atom stereocenters. The molecule has 1 aromatic heterocycles. The van der Waals surface area contributed by atoms with Crippen LogP contribution in [-0.4, -0.2) is 38.3 Å². The average Bonchev–Trinajstić information content (AvgIpc) is 2.93. The van der Waals surface area contributed by atoms with Crippen molar-refractivity contribution < 1.29 is 18.1 Å². The molecule has 1 aromatic rings. The van der Waals surface area contributed by atoms with E-state index in [-0.39, 0.29) is 22.0 Å². The summed E-state index contributed by atoms with van der Waals surface area (Å²) in [7, 11) is -3.46.